The summed E-state index contributed by atoms with van der Waals surface area (Å²) in [6, 6.07) is 0. The van der Waals surface area contributed by atoms with Gasteiger partial charge in [0.1, 0.15) is 6.10 Å². The second kappa shape index (κ2) is 8.35. The fourth-order valence-electron chi connectivity index (χ4n) is 3.16. The van der Waals surface area contributed by atoms with Crippen molar-refractivity contribution in [3.05, 3.63) is 12.7 Å². The highest BCUT2D eigenvalue weighted by atomic mass is 16.5. The lowest BCUT2D eigenvalue weighted by molar-refractivity contribution is -0.159. The molecule has 3 atom stereocenters. The molecule has 0 aromatic rings. The monoisotopic (exact) mass is 310 g/mol. The number of carboxylic acid groups (broad SMARTS) is 1. The average Bonchev–Trinajstić information content (AvgIpc) is 2.82. The number of allylic oxidation sites excluding steroid dienone is 1. The summed E-state index contributed by atoms with van der Waals surface area (Å²) in [4.78, 5) is 23.5. The first kappa shape index (κ1) is 18.7. The fraction of sp³-hybridized carbons (Fsp3) is 0.778. The number of ether oxygens (including phenoxy) is 1. The molecule has 0 amide bonds. The second-order valence-electron chi connectivity index (χ2n) is 7.40. The van der Waals surface area contributed by atoms with Gasteiger partial charge in [-0.15, -0.1) is 6.58 Å². The van der Waals surface area contributed by atoms with Crippen LogP contribution in [0.25, 0.3) is 0 Å². The summed E-state index contributed by atoms with van der Waals surface area (Å²) in [5, 5.41) is 9.30. The third kappa shape index (κ3) is 5.82. The summed E-state index contributed by atoms with van der Waals surface area (Å²) in [6.45, 7) is 9.24. The van der Waals surface area contributed by atoms with Crippen LogP contribution in [0.5, 0.6) is 0 Å². The van der Waals surface area contributed by atoms with Crippen LogP contribution in [0.2, 0.25) is 0 Å². The van der Waals surface area contributed by atoms with E-state index in [1.807, 2.05) is 26.8 Å². The lowest BCUT2D eigenvalue weighted by Crippen LogP contribution is -2.32. The smallest absolute Gasteiger partial charge is 0.307 e. The van der Waals surface area contributed by atoms with Crippen molar-refractivity contribution in [2.75, 3.05) is 0 Å². The van der Waals surface area contributed by atoms with Crippen LogP contribution in [-0.4, -0.2) is 23.1 Å². The zero-order chi connectivity index (χ0) is 16.8. The van der Waals surface area contributed by atoms with E-state index in [9.17, 15) is 14.7 Å². The molecule has 1 N–H and O–H groups in total. The van der Waals surface area contributed by atoms with Crippen molar-refractivity contribution in [3.63, 3.8) is 0 Å². The Morgan fingerprint density at radius 1 is 1.36 bits per heavy atom. The SMILES string of the molecule is C=CCCC[C@@H]1CCC[C@H]1OC(=O)C[C@H](C(=O)O)C(C)(C)C. The van der Waals surface area contributed by atoms with Crippen molar-refractivity contribution < 1.29 is 19.4 Å². The van der Waals surface area contributed by atoms with Crippen LogP contribution in [0.3, 0.4) is 0 Å². The third-order valence-electron chi connectivity index (χ3n) is 4.57. The molecule has 126 valence electrons. The number of rotatable bonds is 8. The number of carbonyl (C=O) groups is 2. The molecule has 0 unspecified atom stereocenters. The summed E-state index contributed by atoms with van der Waals surface area (Å²) >= 11 is 0. The van der Waals surface area contributed by atoms with Crippen LogP contribution in [-0.2, 0) is 14.3 Å². The summed E-state index contributed by atoms with van der Waals surface area (Å²) in [7, 11) is 0. The van der Waals surface area contributed by atoms with Gasteiger partial charge in [0, 0.05) is 0 Å². The largest absolute Gasteiger partial charge is 0.481 e. The standard InChI is InChI=1S/C18H30O4/c1-5-6-7-9-13-10-8-11-15(13)22-16(19)12-14(17(20)21)18(2,3)4/h5,13-15H,1,6-12H2,2-4H3,(H,20,21)/t13-,14-,15-/m1/s1. The molecule has 0 aromatic carbocycles. The Bertz CT molecular complexity index is 394. The molecule has 4 heteroatoms. The van der Waals surface area contributed by atoms with Crippen LogP contribution >= 0.6 is 0 Å². The Morgan fingerprint density at radius 3 is 2.59 bits per heavy atom. The minimum atomic E-state index is -0.932. The Labute approximate surface area is 133 Å². The molecule has 0 spiro atoms. The van der Waals surface area contributed by atoms with Gasteiger partial charge in [-0.1, -0.05) is 26.8 Å². The zero-order valence-electron chi connectivity index (χ0n) is 14.1. The lowest BCUT2D eigenvalue weighted by Gasteiger charge is -2.27. The lowest BCUT2D eigenvalue weighted by atomic mass is 9.79. The van der Waals surface area contributed by atoms with E-state index in [1.165, 1.54) is 0 Å². The summed E-state index contributed by atoms with van der Waals surface area (Å²) < 4.78 is 5.60. The van der Waals surface area contributed by atoms with Gasteiger partial charge in [0.05, 0.1) is 12.3 Å². The predicted molar refractivity (Wildman–Crippen MR) is 86.5 cm³/mol. The maximum Gasteiger partial charge on any atom is 0.307 e. The summed E-state index contributed by atoms with van der Waals surface area (Å²) in [6.07, 6.45) is 8.01. The quantitative estimate of drug-likeness (QED) is 0.415. The van der Waals surface area contributed by atoms with E-state index in [1.54, 1.807) is 0 Å². The maximum atomic E-state index is 12.1. The number of unbranched alkanes of at least 4 members (excludes halogenated alkanes) is 1. The first-order chi connectivity index (χ1) is 10.3. The Hall–Kier alpha value is -1.32. The van der Waals surface area contributed by atoms with E-state index < -0.39 is 17.3 Å². The highest BCUT2D eigenvalue weighted by molar-refractivity contribution is 5.79. The molecule has 0 aliphatic heterocycles. The first-order valence-corrected chi connectivity index (χ1v) is 8.29. The van der Waals surface area contributed by atoms with Crippen molar-refractivity contribution in [2.24, 2.45) is 17.3 Å². The number of hydrogen-bond donors (Lipinski definition) is 1. The number of carbonyl (C=O) groups excluding carboxylic acids is 1. The van der Waals surface area contributed by atoms with Crippen molar-refractivity contribution in [3.8, 4) is 0 Å². The Morgan fingerprint density at radius 2 is 2.05 bits per heavy atom. The van der Waals surface area contributed by atoms with Crippen molar-refractivity contribution in [2.45, 2.75) is 71.8 Å². The van der Waals surface area contributed by atoms with E-state index in [0.29, 0.717) is 5.92 Å². The minimum absolute atomic E-state index is 0.0354. The van der Waals surface area contributed by atoms with Gasteiger partial charge in [-0.25, -0.2) is 0 Å². The van der Waals surface area contributed by atoms with E-state index in [2.05, 4.69) is 6.58 Å². The fourth-order valence-corrected chi connectivity index (χ4v) is 3.16. The molecule has 1 aliphatic carbocycles. The minimum Gasteiger partial charge on any atom is -0.481 e. The molecule has 0 aromatic heterocycles. The van der Waals surface area contributed by atoms with Gasteiger partial charge in [0.2, 0.25) is 0 Å². The van der Waals surface area contributed by atoms with Gasteiger partial charge in [-0.3, -0.25) is 9.59 Å². The molecule has 1 aliphatic rings. The molecule has 4 nitrogen and oxygen atoms in total. The van der Waals surface area contributed by atoms with Gasteiger partial charge in [-0.2, -0.15) is 0 Å². The topological polar surface area (TPSA) is 63.6 Å². The summed E-state index contributed by atoms with van der Waals surface area (Å²) in [5.41, 5.74) is -0.454. The highest BCUT2D eigenvalue weighted by Crippen LogP contribution is 2.34. The maximum absolute atomic E-state index is 12.1. The molecule has 1 saturated carbocycles. The molecule has 0 radical (unpaired) electrons. The molecule has 1 fully saturated rings. The van der Waals surface area contributed by atoms with Crippen LogP contribution < -0.4 is 0 Å². The van der Waals surface area contributed by atoms with E-state index in [0.717, 1.165) is 38.5 Å². The van der Waals surface area contributed by atoms with Crippen LogP contribution in [0.15, 0.2) is 12.7 Å². The third-order valence-corrected chi connectivity index (χ3v) is 4.57. The predicted octanol–water partition coefficient (Wildman–Crippen LogP) is 4.19. The number of esters is 1. The number of carboxylic acids is 1. The molecule has 0 saturated heterocycles. The molecule has 0 bridgehead atoms. The van der Waals surface area contributed by atoms with Crippen molar-refractivity contribution in [1.82, 2.24) is 0 Å². The van der Waals surface area contributed by atoms with Gasteiger partial charge in [-0.05, 0) is 49.9 Å². The second-order valence-corrected chi connectivity index (χ2v) is 7.40. The van der Waals surface area contributed by atoms with Gasteiger partial charge >= 0.3 is 11.9 Å². The van der Waals surface area contributed by atoms with Crippen molar-refractivity contribution in [1.29, 1.82) is 0 Å². The van der Waals surface area contributed by atoms with Crippen molar-refractivity contribution >= 4 is 11.9 Å². The van der Waals surface area contributed by atoms with Crippen LogP contribution in [0.4, 0.5) is 0 Å². The van der Waals surface area contributed by atoms with E-state index in [4.69, 9.17) is 4.74 Å². The molecular formula is C18H30O4. The van der Waals surface area contributed by atoms with E-state index in [-0.39, 0.29) is 18.5 Å². The normalized spacial score (nSPS) is 23.0. The Kier molecular flexibility index (Phi) is 7.11. The molecule has 1 rings (SSSR count). The van der Waals surface area contributed by atoms with E-state index >= 15 is 0 Å². The van der Waals surface area contributed by atoms with Gasteiger partial charge in [0.15, 0.2) is 0 Å². The van der Waals surface area contributed by atoms with Gasteiger partial charge in [0.25, 0.3) is 0 Å². The number of aliphatic carboxylic acids is 1. The van der Waals surface area contributed by atoms with Crippen LogP contribution in [0, 0.1) is 17.3 Å². The highest BCUT2D eigenvalue weighted by Gasteiger charge is 2.36. The Balaban J connectivity index is 2.52. The molecule has 22 heavy (non-hydrogen) atoms. The summed E-state index contributed by atoms with van der Waals surface area (Å²) in [5.74, 6) is -1.59. The molecule has 0 heterocycles. The van der Waals surface area contributed by atoms with Gasteiger partial charge < -0.3 is 9.84 Å². The molecular weight excluding hydrogens is 280 g/mol. The first-order valence-electron chi connectivity index (χ1n) is 8.29. The average molecular weight is 310 g/mol. The zero-order valence-corrected chi connectivity index (χ0v) is 14.1. The van der Waals surface area contributed by atoms with Crippen LogP contribution in [0.1, 0.15) is 65.7 Å². The number of hydrogen-bond acceptors (Lipinski definition) is 3.